The molecule has 3 nitrogen and oxygen atoms in total. The van der Waals surface area contributed by atoms with Crippen molar-refractivity contribution in [3.05, 3.63) is 87.3 Å². The molecule has 4 rings (SSSR count). The highest BCUT2D eigenvalue weighted by Crippen LogP contribution is 2.26. The lowest BCUT2D eigenvalue weighted by Crippen LogP contribution is -2.00. The number of halogens is 2. The number of hydrogen-bond donors (Lipinski definition) is 0. The quantitative estimate of drug-likeness (QED) is 0.327. The molecule has 1 heterocycles. The van der Waals surface area contributed by atoms with Crippen LogP contribution in [0.3, 0.4) is 0 Å². The van der Waals surface area contributed by atoms with Crippen LogP contribution in [0.2, 0.25) is 0 Å². The molecule has 132 valence electrons. The molecule has 0 atom stereocenters. The average Bonchev–Trinajstić information content (AvgIpc) is 2.69. The Hall–Kier alpha value is -2.37. The second-order valence-corrected chi connectivity index (χ2v) is 8.02. The molecule has 5 heteroatoms. The molecule has 0 unspecified atom stereocenters. The maximum Gasteiger partial charge on any atom is 0.164 e. The van der Waals surface area contributed by atoms with Crippen LogP contribution in [0.5, 0.6) is 0 Å². The normalized spacial score (nSPS) is 10.8. The fraction of sp³-hybridized carbons (Fsp3) is 0.0455. The van der Waals surface area contributed by atoms with Gasteiger partial charge < -0.3 is 0 Å². The molecule has 0 bridgehead atoms. The molecule has 3 aromatic carbocycles. The molecular weight excluding hydrogens is 466 g/mol. The van der Waals surface area contributed by atoms with Crippen LogP contribution in [0.1, 0.15) is 5.56 Å². The summed E-state index contributed by atoms with van der Waals surface area (Å²) in [5.74, 6) is 1.98. The van der Waals surface area contributed by atoms with Gasteiger partial charge in [-0.05, 0) is 31.2 Å². The summed E-state index contributed by atoms with van der Waals surface area (Å²) in [7, 11) is 0. The van der Waals surface area contributed by atoms with E-state index in [0.717, 1.165) is 25.6 Å². The van der Waals surface area contributed by atoms with Crippen molar-refractivity contribution >= 4 is 31.9 Å². The first-order chi connectivity index (χ1) is 13.1. The van der Waals surface area contributed by atoms with Gasteiger partial charge in [0.15, 0.2) is 17.5 Å². The van der Waals surface area contributed by atoms with E-state index < -0.39 is 0 Å². The molecule has 27 heavy (non-hydrogen) atoms. The van der Waals surface area contributed by atoms with Crippen LogP contribution in [0.4, 0.5) is 0 Å². The van der Waals surface area contributed by atoms with Crippen molar-refractivity contribution < 1.29 is 0 Å². The lowest BCUT2D eigenvalue weighted by atomic mass is 10.1. The van der Waals surface area contributed by atoms with Gasteiger partial charge in [0.2, 0.25) is 0 Å². The van der Waals surface area contributed by atoms with E-state index in [1.807, 2.05) is 60.7 Å². The highest BCUT2D eigenvalue weighted by atomic mass is 79.9. The number of aryl methyl sites for hydroxylation is 1. The summed E-state index contributed by atoms with van der Waals surface area (Å²) >= 11 is 6.95. The predicted molar refractivity (Wildman–Crippen MR) is 116 cm³/mol. The smallest absolute Gasteiger partial charge is 0.164 e. The van der Waals surface area contributed by atoms with Gasteiger partial charge >= 0.3 is 0 Å². The van der Waals surface area contributed by atoms with Crippen LogP contribution in [0, 0.1) is 6.92 Å². The van der Waals surface area contributed by atoms with Gasteiger partial charge in [-0.15, -0.1) is 0 Å². The molecule has 0 aliphatic carbocycles. The monoisotopic (exact) mass is 479 g/mol. The molecule has 0 fully saturated rings. The Morgan fingerprint density at radius 3 is 1.11 bits per heavy atom. The Morgan fingerprint density at radius 1 is 0.481 bits per heavy atom. The zero-order valence-corrected chi connectivity index (χ0v) is 17.7. The van der Waals surface area contributed by atoms with Crippen molar-refractivity contribution in [2.45, 2.75) is 6.92 Å². The molecule has 0 radical (unpaired) electrons. The third-order valence-corrected chi connectivity index (χ3v) is 5.21. The lowest BCUT2D eigenvalue weighted by molar-refractivity contribution is 1.07. The zero-order valence-electron chi connectivity index (χ0n) is 14.5. The molecule has 0 amide bonds. The van der Waals surface area contributed by atoms with Crippen molar-refractivity contribution in [1.82, 2.24) is 15.0 Å². The van der Waals surface area contributed by atoms with Gasteiger partial charge in [-0.2, -0.15) is 0 Å². The van der Waals surface area contributed by atoms with E-state index in [9.17, 15) is 0 Å². The van der Waals surface area contributed by atoms with E-state index >= 15 is 0 Å². The Kier molecular flexibility index (Phi) is 5.14. The third-order valence-electron chi connectivity index (χ3n) is 4.15. The minimum absolute atomic E-state index is 0.658. The molecule has 0 aliphatic heterocycles. The Bertz CT molecular complexity index is 920. The van der Waals surface area contributed by atoms with Gasteiger partial charge in [-0.3, -0.25) is 0 Å². The van der Waals surface area contributed by atoms with Crippen molar-refractivity contribution in [2.75, 3.05) is 0 Å². The van der Waals surface area contributed by atoms with Crippen LogP contribution in [-0.2, 0) is 0 Å². The van der Waals surface area contributed by atoms with E-state index in [-0.39, 0.29) is 0 Å². The van der Waals surface area contributed by atoms with Gasteiger partial charge in [0, 0.05) is 25.6 Å². The first-order valence-corrected chi connectivity index (χ1v) is 10.0. The van der Waals surface area contributed by atoms with Gasteiger partial charge in [-0.1, -0.05) is 86.0 Å². The third kappa shape index (κ3) is 4.15. The van der Waals surface area contributed by atoms with Crippen molar-refractivity contribution in [3.8, 4) is 34.2 Å². The minimum Gasteiger partial charge on any atom is -0.208 e. The largest absolute Gasteiger partial charge is 0.208 e. The second-order valence-electron chi connectivity index (χ2n) is 6.19. The highest BCUT2D eigenvalue weighted by Gasteiger charge is 2.12. The van der Waals surface area contributed by atoms with E-state index in [4.69, 9.17) is 15.0 Å². The minimum atomic E-state index is 0.658. The first-order valence-electron chi connectivity index (χ1n) is 8.43. The average molecular weight is 481 g/mol. The number of hydrogen-bond acceptors (Lipinski definition) is 3. The molecule has 1 aromatic heterocycles. The maximum atomic E-state index is 4.73. The van der Waals surface area contributed by atoms with Crippen LogP contribution in [-0.4, -0.2) is 15.0 Å². The molecule has 0 saturated heterocycles. The highest BCUT2D eigenvalue weighted by molar-refractivity contribution is 9.10. The van der Waals surface area contributed by atoms with Gasteiger partial charge in [0.25, 0.3) is 0 Å². The molecule has 4 aromatic rings. The van der Waals surface area contributed by atoms with Gasteiger partial charge in [0.05, 0.1) is 0 Å². The van der Waals surface area contributed by atoms with Crippen molar-refractivity contribution in [2.24, 2.45) is 0 Å². The molecule has 0 saturated carbocycles. The molecule has 0 spiro atoms. The van der Waals surface area contributed by atoms with Crippen molar-refractivity contribution in [1.29, 1.82) is 0 Å². The number of benzene rings is 3. The summed E-state index contributed by atoms with van der Waals surface area (Å²) < 4.78 is 2.04. The summed E-state index contributed by atoms with van der Waals surface area (Å²) in [6.07, 6.45) is 0. The van der Waals surface area contributed by atoms with Crippen LogP contribution in [0.15, 0.2) is 81.7 Å². The number of rotatable bonds is 3. The standard InChI is InChI=1S/C22H15Br2N3/c1-14-2-4-15(5-3-14)20-25-21(16-6-10-18(23)11-7-16)27-22(26-20)17-8-12-19(24)13-9-17/h2-13H,1H3. The summed E-state index contributed by atoms with van der Waals surface area (Å²) in [5, 5.41) is 0. The van der Waals surface area contributed by atoms with E-state index in [1.165, 1.54) is 5.56 Å². The van der Waals surface area contributed by atoms with Crippen LogP contribution in [0.25, 0.3) is 34.2 Å². The lowest BCUT2D eigenvalue weighted by Gasteiger charge is -2.09. The summed E-state index contributed by atoms with van der Waals surface area (Å²) in [6, 6.07) is 24.2. The van der Waals surface area contributed by atoms with E-state index in [1.54, 1.807) is 0 Å². The molecule has 0 N–H and O–H groups in total. The Balaban J connectivity index is 1.89. The topological polar surface area (TPSA) is 38.7 Å². The summed E-state index contributed by atoms with van der Waals surface area (Å²) in [5.41, 5.74) is 4.08. The fourth-order valence-corrected chi connectivity index (χ4v) is 3.19. The van der Waals surface area contributed by atoms with E-state index in [2.05, 4.69) is 50.9 Å². The number of nitrogens with zero attached hydrogens (tertiary/aromatic N) is 3. The van der Waals surface area contributed by atoms with Crippen LogP contribution < -0.4 is 0 Å². The van der Waals surface area contributed by atoms with Crippen LogP contribution >= 0.6 is 31.9 Å². The fourth-order valence-electron chi connectivity index (χ4n) is 2.66. The maximum absolute atomic E-state index is 4.73. The SMILES string of the molecule is Cc1ccc(-c2nc(-c3ccc(Br)cc3)nc(-c3ccc(Br)cc3)n2)cc1. The summed E-state index contributed by atoms with van der Waals surface area (Å²) in [6.45, 7) is 2.07. The van der Waals surface area contributed by atoms with Gasteiger partial charge in [-0.25, -0.2) is 15.0 Å². The van der Waals surface area contributed by atoms with E-state index in [0.29, 0.717) is 17.5 Å². The van der Waals surface area contributed by atoms with Gasteiger partial charge in [0.1, 0.15) is 0 Å². The molecule has 0 aliphatic rings. The zero-order chi connectivity index (χ0) is 18.8. The Morgan fingerprint density at radius 2 is 0.778 bits per heavy atom. The predicted octanol–water partition coefficient (Wildman–Crippen LogP) is 6.71. The first kappa shape index (κ1) is 18.0. The second kappa shape index (κ2) is 7.71. The number of aromatic nitrogens is 3. The Labute approximate surface area is 174 Å². The molecular formula is C22H15Br2N3. The summed E-state index contributed by atoms with van der Waals surface area (Å²) in [4.78, 5) is 14.2. The van der Waals surface area contributed by atoms with Crippen molar-refractivity contribution in [3.63, 3.8) is 0 Å².